The van der Waals surface area contributed by atoms with Crippen molar-refractivity contribution >= 4 is 5.84 Å². The Balaban J connectivity index is 1.27. The maximum Gasteiger partial charge on any atom is 0.205 e. The van der Waals surface area contributed by atoms with Crippen LogP contribution in [0.5, 0.6) is 0 Å². The zero-order valence-electron chi connectivity index (χ0n) is 21.3. The largest absolute Gasteiger partial charge is 0.358 e. The first-order valence-electron chi connectivity index (χ1n) is 13.1. The van der Waals surface area contributed by atoms with Gasteiger partial charge in [-0.15, -0.1) is 10.2 Å². The Morgan fingerprint density at radius 2 is 1.81 bits per heavy atom. The molecule has 1 N–H and O–H groups in total. The first kappa shape index (κ1) is 22.8. The Bertz CT molecular complexity index is 1260. The summed E-state index contributed by atoms with van der Waals surface area (Å²) in [6, 6.07) is 17.1. The molecule has 1 atom stereocenters. The third kappa shape index (κ3) is 4.36. The highest BCUT2D eigenvalue weighted by Gasteiger charge is 2.38. The van der Waals surface area contributed by atoms with E-state index in [2.05, 4.69) is 92.6 Å². The molecule has 2 aromatic carbocycles. The van der Waals surface area contributed by atoms with E-state index >= 15 is 0 Å². The zero-order valence-corrected chi connectivity index (χ0v) is 21.3. The molecule has 6 rings (SSSR count). The van der Waals surface area contributed by atoms with Gasteiger partial charge in [-0.2, -0.15) is 5.21 Å². The molecule has 8 heteroatoms. The summed E-state index contributed by atoms with van der Waals surface area (Å²) in [7, 11) is 0. The molecule has 0 radical (unpaired) electrons. The van der Waals surface area contributed by atoms with Crippen molar-refractivity contribution in [3.8, 4) is 22.5 Å². The molecule has 1 aliphatic carbocycles. The molecular formula is C28H34N8. The molecule has 1 unspecified atom stereocenters. The van der Waals surface area contributed by atoms with Gasteiger partial charge in [0.15, 0.2) is 5.84 Å². The maximum atomic E-state index is 5.22. The summed E-state index contributed by atoms with van der Waals surface area (Å²) in [6.45, 7) is 10.7. The highest BCUT2D eigenvalue weighted by Crippen LogP contribution is 2.35. The van der Waals surface area contributed by atoms with Crippen molar-refractivity contribution in [3.05, 3.63) is 66.0 Å². The summed E-state index contributed by atoms with van der Waals surface area (Å²) in [6.07, 6.45) is 5.27. The summed E-state index contributed by atoms with van der Waals surface area (Å²) in [5.41, 5.74) is 5.76. The van der Waals surface area contributed by atoms with Crippen LogP contribution >= 0.6 is 0 Å². The van der Waals surface area contributed by atoms with Gasteiger partial charge < -0.3 is 14.7 Å². The number of hydrogen-bond acceptors (Lipinski definition) is 7. The fraction of sp³-hybridized carbons (Fsp3) is 0.429. The molecule has 3 heterocycles. The molecule has 1 fully saturated rings. The molecule has 0 amide bonds. The van der Waals surface area contributed by atoms with Crippen molar-refractivity contribution in [3.63, 3.8) is 0 Å². The number of aromatic amines is 1. The van der Waals surface area contributed by atoms with E-state index in [9.17, 15) is 0 Å². The fourth-order valence-electron chi connectivity index (χ4n) is 5.28. The fourth-order valence-corrected chi connectivity index (χ4v) is 5.28. The monoisotopic (exact) mass is 482 g/mol. The van der Waals surface area contributed by atoms with Crippen molar-refractivity contribution in [2.24, 2.45) is 16.8 Å². The number of hydrogen-bond donors (Lipinski definition) is 1. The summed E-state index contributed by atoms with van der Waals surface area (Å²) in [5.74, 6) is 3.06. The SMILES string of the molecule is CCN1CN(CC2CC2)C=C2C1=NC(C(C)C)N2Cc1ccc(-c2ccccc2-c2nn[nH]n2)cc1. The first-order valence-corrected chi connectivity index (χ1v) is 13.1. The topological polar surface area (TPSA) is 76.5 Å². The van der Waals surface area contributed by atoms with E-state index in [4.69, 9.17) is 4.99 Å². The van der Waals surface area contributed by atoms with Crippen molar-refractivity contribution in [2.75, 3.05) is 19.8 Å². The molecule has 0 bridgehead atoms. The minimum Gasteiger partial charge on any atom is -0.358 e. The van der Waals surface area contributed by atoms with Crippen LogP contribution in [0, 0.1) is 11.8 Å². The number of likely N-dealkylation sites (N-methyl/N-ethyl adjacent to an activating group) is 1. The number of benzene rings is 2. The maximum absolute atomic E-state index is 5.22. The van der Waals surface area contributed by atoms with Gasteiger partial charge in [-0.3, -0.25) is 0 Å². The summed E-state index contributed by atoms with van der Waals surface area (Å²) < 4.78 is 0. The molecule has 1 aromatic heterocycles. The first-order chi connectivity index (χ1) is 17.6. The van der Waals surface area contributed by atoms with Gasteiger partial charge in [-0.25, -0.2) is 4.99 Å². The van der Waals surface area contributed by atoms with Gasteiger partial charge in [0.05, 0.1) is 12.4 Å². The second-order valence-corrected chi connectivity index (χ2v) is 10.4. The molecule has 3 aliphatic rings. The number of rotatable bonds is 8. The molecule has 8 nitrogen and oxygen atoms in total. The van der Waals surface area contributed by atoms with E-state index in [1.54, 1.807) is 0 Å². The lowest BCUT2D eigenvalue weighted by molar-refractivity contribution is 0.200. The van der Waals surface area contributed by atoms with E-state index < -0.39 is 0 Å². The molecule has 186 valence electrons. The van der Waals surface area contributed by atoms with Crippen molar-refractivity contribution in [1.82, 2.24) is 35.3 Å². The van der Waals surface area contributed by atoms with E-state index in [0.29, 0.717) is 11.7 Å². The van der Waals surface area contributed by atoms with E-state index in [0.717, 1.165) is 54.7 Å². The van der Waals surface area contributed by atoms with Crippen LogP contribution in [0.2, 0.25) is 0 Å². The van der Waals surface area contributed by atoms with Crippen LogP contribution in [0.4, 0.5) is 0 Å². The molecular weight excluding hydrogens is 448 g/mol. The van der Waals surface area contributed by atoms with Gasteiger partial charge in [-0.05, 0) is 53.5 Å². The normalized spacial score (nSPS) is 19.6. The van der Waals surface area contributed by atoms with Crippen LogP contribution in [-0.4, -0.2) is 67.1 Å². The number of aromatic nitrogens is 4. The standard InChI is InChI=1S/C28H34N8/c1-4-35-18-34(15-20-9-10-20)17-25-28(35)29-27(19(2)3)36(25)16-21-11-13-22(14-12-21)23-7-5-6-8-24(23)26-30-32-33-31-26/h5-8,11-14,17,19-20,27H,4,9-10,15-16,18H2,1-3H3,(H,30,31,32,33). The van der Waals surface area contributed by atoms with Gasteiger partial charge in [-0.1, -0.05) is 62.4 Å². The van der Waals surface area contributed by atoms with Crippen LogP contribution in [0.25, 0.3) is 22.5 Å². The Morgan fingerprint density at radius 1 is 1.03 bits per heavy atom. The zero-order chi connectivity index (χ0) is 24.6. The summed E-state index contributed by atoms with van der Waals surface area (Å²) in [4.78, 5) is 12.7. The van der Waals surface area contributed by atoms with Crippen molar-refractivity contribution in [2.45, 2.75) is 46.3 Å². The predicted octanol–water partition coefficient (Wildman–Crippen LogP) is 4.58. The molecule has 3 aromatic rings. The lowest BCUT2D eigenvalue weighted by Crippen LogP contribution is -2.46. The van der Waals surface area contributed by atoms with Crippen molar-refractivity contribution in [1.29, 1.82) is 0 Å². The van der Waals surface area contributed by atoms with E-state index in [1.807, 2.05) is 18.2 Å². The number of H-pyrrole nitrogens is 1. The average Bonchev–Trinajstić information content (AvgIpc) is 3.39. The number of nitrogens with zero attached hydrogens (tertiary/aromatic N) is 7. The number of fused-ring (bicyclic) bond motifs is 1. The minimum absolute atomic E-state index is 0.153. The Labute approximate surface area is 212 Å². The van der Waals surface area contributed by atoms with Gasteiger partial charge >= 0.3 is 0 Å². The third-order valence-electron chi connectivity index (χ3n) is 7.37. The number of tetrazole rings is 1. The predicted molar refractivity (Wildman–Crippen MR) is 141 cm³/mol. The highest BCUT2D eigenvalue weighted by molar-refractivity contribution is 6.00. The second kappa shape index (κ2) is 9.41. The smallest absolute Gasteiger partial charge is 0.205 e. The van der Waals surface area contributed by atoms with Gasteiger partial charge in [0.2, 0.25) is 5.82 Å². The van der Waals surface area contributed by atoms with Crippen LogP contribution < -0.4 is 0 Å². The summed E-state index contributed by atoms with van der Waals surface area (Å²) in [5, 5.41) is 14.7. The molecule has 1 saturated carbocycles. The van der Waals surface area contributed by atoms with E-state index in [1.165, 1.54) is 24.1 Å². The lowest BCUT2D eigenvalue weighted by Gasteiger charge is -2.38. The Hall–Kier alpha value is -3.68. The Morgan fingerprint density at radius 3 is 2.47 bits per heavy atom. The minimum atomic E-state index is 0.153. The number of aliphatic imine (C=N–C) groups is 1. The van der Waals surface area contributed by atoms with Crippen LogP contribution in [-0.2, 0) is 6.54 Å². The van der Waals surface area contributed by atoms with Gasteiger partial charge in [0.1, 0.15) is 6.17 Å². The van der Waals surface area contributed by atoms with Gasteiger partial charge in [0, 0.05) is 31.4 Å². The lowest BCUT2D eigenvalue weighted by atomic mass is 9.98. The number of nitrogens with one attached hydrogen (secondary N) is 1. The number of amidine groups is 1. The molecule has 0 saturated heterocycles. The van der Waals surface area contributed by atoms with Crippen LogP contribution in [0.3, 0.4) is 0 Å². The quantitative estimate of drug-likeness (QED) is 0.507. The van der Waals surface area contributed by atoms with E-state index in [-0.39, 0.29) is 6.17 Å². The van der Waals surface area contributed by atoms with Crippen molar-refractivity contribution < 1.29 is 0 Å². The molecule has 0 spiro atoms. The molecule has 2 aliphatic heterocycles. The van der Waals surface area contributed by atoms with Gasteiger partial charge in [0.25, 0.3) is 0 Å². The second-order valence-electron chi connectivity index (χ2n) is 10.4. The summed E-state index contributed by atoms with van der Waals surface area (Å²) >= 11 is 0. The molecule has 36 heavy (non-hydrogen) atoms. The van der Waals surface area contributed by atoms with Crippen LogP contribution in [0.15, 0.2) is 65.4 Å². The average molecular weight is 483 g/mol. The van der Waals surface area contributed by atoms with Crippen LogP contribution in [0.1, 0.15) is 39.2 Å². The third-order valence-corrected chi connectivity index (χ3v) is 7.37. The Kier molecular flexibility index (Phi) is 5.95. The highest BCUT2D eigenvalue weighted by atomic mass is 15.5.